The lowest BCUT2D eigenvalue weighted by atomic mass is 9.75. The summed E-state index contributed by atoms with van der Waals surface area (Å²) < 4.78 is 5.58. The third kappa shape index (κ3) is 2.21. The number of allylic oxidation sites excluding steroid dienone is 3. The minimum absolute atomic E-state index is 0.0536. The number of carbonyl (C=O) groups excluding carboxylic acids is 1. The molecule has 2 N–H and O–H groups in total. The highest BCUT2D eigenvalue weighted by Gasteiger charge is 2.39. The van der Waals surface area contributed by atoms with Crippen LogP contribution in [-0.2, 0) is 9.53 Å². The molecule has 0 bridgehead atoms. The van der Waals surface area contributed by atoms with Crippen molar-refractivity contribution in [2.75, 3.05) is 0 Å². The lowest BCUT2D eigenvalue weighted by Gasteiger charge is -2.32. The number of Topliss-reactive ketones (excluding diaryl/α,β-unsaturated/α-hetero) is 1. The van der Waals surface area contributed by atoms with E-state index in [9.17, 15) is 10.1 Å². The second-order valence-corrected chi connectivity index (χ2v) is 5.61. The van der Waals surface area contributed by atoms with Gasteiger partial charge in [0.05, 0.1) is 5.92 Å². The highest BCUT2D eigenvalue weighted by atomic mass is 16.5. The normalized spacial score (nSPS) is 25.2. The minimum Gasteiger partial charge on any atom is -0.444 e. The van der Waals surface area contributed by atoms with Crippen LogP contribution < -0.4 is 5.73 Å². The molecule has 1 aromatic carbocycles. The molecule has 0 fully saturated rings. The van der Waals surface area contributed by atoms with Crippen molar-refractivity contribution >= 4 is 5.78 Å². The number of hydrogen-bond acceptors (Lipinski definition) is 4. The first kappa shape index (κ1) is 13.4. The van der Waals surface area contributed by atoms with Gasteiger partial charge in [0.1, 0.15) is 17.4 Å². The number of carbonyl (C=O) groups is 1. The Labute approximate surface area is 123 Å². The molecule has 0 unspecified atom stereocenters. The summed E-state index contributed by atoms with van der Waals surface area (Å²) in [7, 11) is 0. The van der Waals surface area contributed by atoms with Gasteiger partial charge in [0.2, 0.25) is 5.88 Å². The first-order valence-corrected chi connectivity index (χ1v) is 7.00. The van der Waals surface area contributed by atoms with Gasteiger partial charge in [-0.25, -0.2) is 0 Å². The molecule has 0 saturated heterocycles. The lowest BCUT2D eigenvalue weighted by molar-refractivity contribution is -0.117. The second-order valence-electron chi connectivity index (χ2n) is 5.61. The maximum atomic E-state index is 12.5. The molecule has 0 radical (unpaired) electrons. The largest absolute Gasteiger partial charge is 0.444 e. The molecule has 0 saturated carbocycles. The van der Waals surface area contributed by atoms with E-state index >= 15 is 0 Å². The average molecular weight is 280 g/mol. The Morgan fingerprint density at radius 1 is 1.29 bits per heavy atom. The summed E-state index contributed by atoms with van der Waals surface area (Å²) in [6.07, 6.45) is 1.17. The Balaban J connectivity index is 2.17. The molecule has 21 heavy (non-hydrogen) atoms. The van der Waals surface area contributed by atoms with Crippen molar-refractivity contribution in [3.8, 4) is 6.07 Å². The fourth-order valence-electron chi connectivity index (χ4n) is 3.07. The van der Waals surface area contributed by atoms with Crippen molar-refractivity contribution in [3.63, 3.8) is 0 Å². The van der Waals surface area contributed by atoms with Gasteiger partial charge < -0.3 is 10.5 Å². The van der Waals surface area contributed by atoms with Crippen LogP contribution in [0.3, 0.4) is 0 Å². The van der Waals surface area contributed by atoms with Crippen LogP contribution in [0.1, 0.15) is 31.2 Å². The smallest absolute Gasteiger partial charge is 0.205 e. The van der Waals surface area contributed by atoms with Crippen molar-refractivity contribution in [3.05, 3.63) is 58.7 Å². The zero-order valence-electron chi connectivity index (χ0n) is 11.8. The fourth-order valence-corrected chi connectivity index (χ4v) is 3.07. The predicted molar refractivity (Wildman–Crippen MR) is 77.5 cm³/mol. The van der Waals surface area contributed by atoms with Crippen LogP contribution in [0.2, 0.25) is 0 Å². The van der Waals surface area contributed by atoms with Gasteiger partial charge in [0.25, 0.3) is 0 Å². The van der Waals surface area contributed by atoms with Crippen LogP contribution in [0.4, 0.5) is 0 Å². The van der Waals surface area contributed by atoms with Crippen molar-refractivity contribution in [2.24, 2.45) is 11.7 Å². The summed E-state index contributed by atoms with van der Waals surface area (Å²) in [5, 5.41) is 9.42. The van der Waals surface area contributed by atoms with Crippen LogP contribution in [0.15, 0.2) is 53.1 Å². The van der Waals surface area contributed by atoms with E-state index in [-0.39, 0.29) is 17.6 Å². The second kappa shape index (κ2) is 5.10. The van der Waals surface area contributed by atoms with E-state index in [4.69, 9.17) is 10.5 Å². The topological polar surface area (TPSA) is 76.1 Å². The molecule has 1 aromatic rings. The maximum Gasteiger partial charge on any atom is 0.205 e. The zero-order chi connectivity index (χ0) is 15.0. The molecule has 106 valence electrons. The molecule has 4 nitrogen and oxygen atoms in total. The van der Waals surface area contributed by atoms with E-state index < -0.39 is 5.92 Å². The molecule has 1 aliphatic heterocycles. The Morgan fingerprint density at radius 3 is 2.67 bits per heavy atom. The molecule has 0 spiro atoms. The predicted octanol–water partition coefficient (Wildman–Crippen LogP) is 2.75. The van der Waals surface area contributed by atoms with E-state index in [1.165, 1.54) is 0 Å². The van der Waals surface area contributed by atoms with Crippen LogP contribution in [0, 0.1) is 17.2 Å². The maximum absolute atomic E-state index is 12.5. The van der Waals surface area contributed by atoms with Gasteiger partial charge in [-0.15, -0.1) is 0 Å². The number of benzene rings is 1. The highest BCUT2D eigenvalue weighted by Crippen LogP contribution is 2.44. The number of nitriles is 1. The van der Waals surface area contributed by atoms with Crippen molar-refractivity contribution < 1.29 is 9.53 Å². The molecule has 0 amide bonds. The Kier molecular flexibility index (Phi) is 3.26. The minimum atomic E-state index is -0.403. The highest BCUT2D eigenvalue weighted by molar-refractivity contribution is 5.99. The SMILES string of the molecule is C[C@@H]1CC(=O)C2=C(C1)OC(N)=C(C#N)[C@@H]2c1ccccc1. The van der Waals surface area contributed by atoms with E-state index in [0.29, 0.717) is 29.7 Å². The molecule has 0 aromatic heterocycles. The van der Waals surface area contributed by atoms with Crippen molar-refractivity contribution in [1.29, 1.82) is 5.26 Å². The van der Waals surface area contributed by atoms with Gasteiger partial charge in [-0.2, -0.15) is 5.26 Å². The molecule has 2 aliphatic rings. The standard InChI is InChI=1S/C17H16N2O2/c1-10-7-13(20)16-14(8-10)21-17(19)12(9-18)15(16)11-5-3-2-4-6-11/h2-6,10,15H,7-8,19H2,1H3/t10-,15+/m1/s1. The summed E-state index contributed by atoms with van der Waals surface area (Å²) in [4.78, 5) is 12.5. The van der Waals surface area contributed by atoms with E-state index in [0.717, 1.165) is 5.56 Å². The summed E-state index contributed by atoms with van der Waals surface area (Å²) >= 11 is 0. The number of ether oxygens (including phenoxy) is 1. The third-order valence-electron chi connectivity index (χ3n) is 4.00. The monoisotopic (exact) mass is 280 g/mol. The van der Waals surface area contributed by atoms with Gasteiger partial charge in [0, 0.05) is 18.4 Å². The Bertz CT molecular complexity index is 695. The molecule has 4 heteroatoms. The van der Waals surface area contributed by atoms with E-state index in [1.807, 2.05) is 37.3 Å². The first-order valence-electron chi connectivity index (χ1n) is 7.00. The number of nitrogens with two attached hydrogens (primary N) is 1. The molecule has 3 rings (SSSR count). The van der Waals surface area contributed by atoms with Gasteiger partial charge in [0.15, 0.2) is 5.78 Å². The van der Waals surface area contributed by atoms with Gasteiger partial charge in [-0.3, -0.25) is 4.79 Å². The molecule has 1 aliphatic carbocycles. The van der Waals surface area contributed by atoms with Crippen LogP contribution in [-0.4, -0.2) is 5.78 Å². The first-order chi connectivity index (χ1) is 10.1. The number of rotatable bonds is 1. The third-order valence-corrected chi connectivity index (χ3v) is 4.00. The van der Waals surface area contributed by atoms with Crippen LogP contribution in [0.25, 0.3) is 0 Å². The fraction of sp³-hybridized carbons (Fsp3) is 0.294. The van der Waals surface area contributed by atoms with E-state index in [1.54, 1.807) is 0 Å². The summed E-state index contributed by atoms with van der Waals surface area (Å²) in [5.41, 5.74) is 7.73. The van der Waals surface area contributed by atoms with Gasteiger partial charge in [-0.1, -0.05) is 37.3 Å². The molecular formula is C17H16N2O2. The lowest BCUT2D eigenvalue weighted by Crippen LogP contribution is -2.29. The summed E-state index contributed by atoms with van der Waals surface area (Å²) in [6.45, 7) is 2.02. The zero-order valence-corrected chi connectivity index (χ0v) is 11.8. The molecular weight excluding hydrogens is 264 g/mol. The van der Waals surface area contributed by atoms with Crippen molar-refractivity contribution in [1.82, 2.24) is 0 Å². The van der Waals surface area contributed by atoms with Crippen molar-refractivity contribution in [2.45, 2.75) is 25.7 Å². The summed E-state index contributed by atoms with van der Waals surface area (Å²) in [6, 6.07) is 11.6. The molecule has 1 heterocycles. The number of nitrogens with zero attached hydrogens (tertiary/aromatic N) is 1. The number of ketones is 1. The van der Waals surface area contributed by atoms with Crippen LogP contribution >= 0.6 is 0 Å². The Morgan fingerprint density at radius 2 is 2.00 bits per heavy atom. The Hall–Kier alpha value is -2.54. The quantitative estimate of drug-likeness (QED) is 0.858. The number of hydrogen-bond donors (Lipinski definition) is 1. The van der Waals surface area contributed by atoms with Gasteiger partial charge in [-0.05, 0) is 11.5 Å². The van der Waals surface area contributed by atoms with Crippen LogP contribution in [0.5, 0.6) is 0 Å². The summed E-state index contributed by atoms with van der Waals surface area (Å²) in [5.74, 6) is 0.637. The molecule has 2 atom stereocenters. The average Bonchev–Trinajstić information content (AvgIpc) is 2.46. The van der Waals surface area contributed by atoms with Gasteiger partial charge >= 0.3 is 0 Å². The van der Waals surface area contributed by atoms with E-state index in [2.05, 4.69) is 6.07 Å².